The monoisotopic (exact) mass is 2030 g/mol. The summed E-state index contributed by atoms with van der Waals surface area (Å²) in [4.78, 5) is 72.3. The van der Waals surface area contributed by atoms with Crippen LogP contribution in [0.3, 0.4) is 0 Å². The number of nitrogens with one attached hydrogen (secondary N) is 5. The van der Waals surface area contributed by atoms with E-state index >= 15 is 0 Å². The molecular formula is C116H119ClN21O8S2+. The van der Waals surface area contributed by atoms with E-state index in [9.17, 15) is 15.0 Å². The lowest BCUT2D eigenvalue weighted by atomic mass is 9.95. The summed E-state index contributed by atoms with van der Waals surface area (Å²) in [5, 5.41) is 44.8. The van der Waals surface area contributed by atoms with Gasteiger partial charge in [0.1, 0.15) is 50.9 Å². The number of anilines is 6. The zero-order chi connectivity index (χ0) is 103. The number of fused-ring (bicyclic) bond motifs is 8. The second-order valence-corrected chi connectivity index (χ2v) is 37.8. The summed E-state index contributed by atoms with van der Waals surface area (Å²) in [6.45, 7) is 16.7. The molecule has 9 aromatic carbocycles. The molecule has 1 amide bonds. The number of para-hydroxylation sites is 2. The summed E-state index contributed by atoms with van der Waals surface area (Å²) < 4.78 is 28.1. The number of aliphatic hydroxyl groups excluding tert-OH is 3. The van der Waals surface area contributed by atoms with E-state index in [-0.39, 0.29) is 37.8 Å². The number of aromatic amines is 1. The Balaban J connectivity index is 0.000000121. The highest BCUT2D eigenvalue weighted by Crippen LogP contribution is 2.41. The van der Waals surface area contributed by atoms with Crippen LogP contribution in [0.5, 0.6) is 5.75 Å². The van der Waals surface area contributed by atoms with Crippen LogP contribution in [0, 0.1) is 13.8 Å². The average molecular weight is 2030 g/mol. The van der Waals surface area contributed by atoms with Gasteiger partial charge in [0, 0.05) is 126 Å². The van der Waals surface area contributed by atoms with Gasteiger partial charge in [0.25, 0.3) is 11.4 Å². The van der Waals surface area contributed by atoms with Crippen molar-refractivity contribution >= 4 is 146 Å². The van der Waals surface area contributed by atoms with Crippen molar-refractivity contribution in [2.75, 3.05) is 91.2 Å². The number of oxazole rings is 1. The van der Waals surface area contributed by atoms with Crippen molar-refractivity contribution in [1.82, 2.24) is 68.9 Å². The Kier molecular flexibility index (Phi) is 34.8. The summed E-state index contributed by atoms with van der Waals surface area (Å²) >= 11 is 9.36. The maximum atomic E-state index is 13.0. The highest BCUT2D eigenvalue weighted by Gasteiger charge is 2.33. The summed E-state index contributed by atoms with van der Waals surface area (Å²) in [5.41, 5.74) is 18.6. The van der Waals surface area contributed by atoms with Crippen molar-refractivity contribution in [3.05, 3.63) is 378 Å². The first-order valence-corrected chi connectivity index (χ1v) is 51.4. The Labute approximate surface area is 871 Å². The maximum absolute atomic E-state index is 13.0. The Hall–Kier alpha value is -16.3. The van der Waals surface area contributed by atoms with E-state index in [1.807, 2.05) is 176 Å². The summed E-state index contributed by atoms with van der Waals surface area (Å²) in [6, 6.07) is 93.7. The minimum absolute atomic E-state index is 0.0273. The molecule has 32 heteroatoms. The van der Waals surface area contributed by atoms with E-state index in [4.69, 9.17) is 34.7 Å². The van der Waals surface area contributed by atoms with E-state index < -0.39 is 0 Å². The molecule has 0 fully saturated rings. The van der Waals surface area contributed by atoms with Gasteiger partial charge in [-0.05, 0) is 190 Å². The third-order valence-electron chi connectivity index (χ3n) is 24.9. The third-order valence-corrected chi connectivity index (χ3v) is 27.3. The number of hydrogen-bond acceptors (Lipinski definition) is 26. The number of aliphatic hydroxyl groups is 3. The molecule has 1 unspecified atom stereocenters. The lowest BCUT2D eigenvalue weighted by molar-refractivity contribution is -0.674. The number of hydrogen-bond donors (Lipinski definition) is 8. The summed E-state index contributed by atoms with van der Waals surface area (Å²) in [7, 11) is 5.57. The molecule has 754 valence electrons. The molecule has 21 aromatic rings. The fourth-order valence-electron chi connectivity index (χ4n) is 17.4. The van der Waals surface area contributed by atoms with E-state index in [0.29, 0.717) is 84.6 Å². The Morgan fingerprint density at radius 3 is 1.81 bits per heavy atom. The summed E-state index contributed by atoms with van der Waals surface area (Å²) in [5.74, 6) is 8.25. The zero-order valence-corrected chi connectivity index (χ0v) is 86.4. The number of methoxy groups -OCH3 is 1. The fourth-order valence-corrected chi connectivity index (χ4v) is 19.8. The average Bonchev–Trinajstić information content (AvgIpc) is 1.61. The number of aromatic nitrogens is 14. The number of H-pyrrole nitrogens is 1. The van der Waals surface area contributed by atoms with Crippen molar-refractivity contribution in [2.45, 2.75) is 105 Å². The number of thiophene rings is 2. The van der Waals surface area contributed by atoms with Gasteiger partial charge in [-0.15, -0.1) is 22.7 Å². The van der Waals surface area contributed by atoms with Crippen LogP contribution in [-0.4, -0.2) is 150 Å². The van der Waals surface area contributed by atoms with Crippen LogP contribution < -0.4 is 40.4 Å². The number of imidazole rings is 2. The predicted octanol–water partition coefficient (Wildman–Crippen LogP) is 23.6. The van der Waals surface area contributed by atoms with E-state index in [2.05, 4.69) is 247 Å². The lowest BCUT2D eigenvalue weighted by Crippen LogP contribution is -2.39. The largest absolute Gasteiger partial charge is 0.497 e. The number of benzene rings is 9. The predicted molar refractivity (Wildman–Crippen MR) is 594 cm³/mol. The molecule has 0 bridgehead atoms. The number of carbonyl (C=O) groups excluding carboxylic acids is 1. The van der Waals surface area contributed by atoms with Crippen molar-refractivity contribution in [2.24, 2.45) is 7.05 Å². The second kappa shape index (κ2) is 50.0. The van der Waals surface area contributed by atoms with Gasteiger partial charge in [0.05, 0.1) is 81.9 Å². The third kappa shape index (κ3) is 25.6. The minimum Gasteiger partial charge on any atom is -0.497 e. The van der Waals surface area contributed by atoms with Gasteiger partial charge in [-0.2, -0.15) is 24.5 Å². The SMILES string of the molecule is CCC1c2[nH]c3ccccc3c2CCN1C(=O)c1ccc(Cl)cc1.CC[n+]1c(/C=C/N(C)c2ccccc2)oc2ccc(-c3ccccc3)cc21.COc1ccc(CNc2nc(N(CCO)CCO)nc3c2ncn3C(C)C)cc1.Cc1nc(CCc2ccco2)c2cc(-c3ccccc3)sc2n1.Cc1nc(NCc2ccco2)c2cc(-c3ccccc3)sc2n1.Cn1cnc2c(NCc3ccccc3)nc(NCCO)nc21. The van der Waals surface area contributed by atoms with Gasteiger partial charge < -0.3 is 83.4 Å². The highest BCUT2D eigenvalue weighted by atomic mass is 35.5. The van der Waals surface area contributed by atoms with Crippen molar-refractivity contribution in [3.63, 3.8) is 0 Å². The Morgan fingerprint density at radius 2 is 1.18 bits per heavy atom. The smallest absolute Gasteiger partial charge is 0.375 e. The van der Waals surface area contributed by atoms with Crippen LogP contribution in [0.4, 0.5) is 35.0 Å². The first kappa shape index (κ1) is 103. The molecule has 29 nitrogen and oxygen atoms in total. The lowest BCUT2D eigenvalue weighted by Gasteiger charge is -2.35. The van der Waals surface area contributed by atoms with E-state index in [1.165, 1.54) is 48.7 Å². The number of carbonyl (C=O) groups is 1. The van der Waals surface area contributed by atoms with Gasteiger partial charge in [-0.3, -0.25) is 4.79 Å². The van der Waals surface area contributed by atoms with Gasteiger partial charge in [-0.1, -0.05) is 194 Å². The molecule has 148 heavy (non-hydrogen) atoms. The Morgan fingerprint density at radius 1 is 0.581 bits per heavy atom. The number of furan rings is 2. The van der Waals surface area contributed by atoms with Gasteiger partial charge >= 0.3 is 5.89 Å². The number of halogens is 1. The van der Waals surface area contributed by atoms with Crippen LogP contribution in [-0.2, 0) is 52.5 Å². The normalized spacial score (nSPS) is 12.1. The minimum atomic E-state index is -0.0561. The number of amides is 1. The van der Waals surface area contributed by atoms with Crippen LogP contribution in [0.1, 0.15) is 114 Å². The number of ether oxygens (including phenoxy) is 1. The Bertz CT molecular complexity index is 7750. The molecule has 13 heterocycles. The molecule has 12 aromatic heterocycles. The molecular weight excluding hydrogens is 1920 g/mol. The molecule has 0 saturated carbocycles. The van der Waals surface area contributed by atoms with Gasteiger partial charge in [0.15, 0.2) is 34.0 Å². The molecule has 8 N–H and O–H groups in total. The number of rotatable bonds is 31. The second-order valence-electron chi connectivity index (χ2n) is 35.3. The molecule has 1 aliphatic heterocycles. The van der Waals surface area contributed by atoms with Gasteiger partial charge in [0.2, 0.25) is 17.5 Å². The topological polar surface area (TPSA) is 343 Å². The quantitative estimate of drug-likeness (QED) is 0.0187. The van der Waals surface area contributed by atoms with Crippen molar-refractivity contribution < 1.29 is 42.7 Å². The molecule has 0 spiro atoms. The van der Waals surface area contributed by atoms with Crippen LogP contribution in [0.2, 0.25) is 5.02 Å². The highest BCUT2D eigenvalue weighted by molar-refractivity contribution is 7.22. The fraction of sp³-hybridized carbons (Fsp3) is 0.224. The molecule has 0 aliphatic carbocycles. The van der Waals surface area contributed by atoms with Crippen LogP contribution in [0.15, 0.2) is 324 Å². The number of aryl methyl sites for hydroxylation is 6. The maximum Gasteiger partial charge on any atom is 0.375 e. The first-order chi connectivity index (χ1) is 72.4. The molecule has 0 saturated heterocycles. The van der Waals surface area contributed by atoms with Gasteiger partial charge in [-0.25, -0.2) is 29.9 Å². The number of nitrogens with zero attached hydrogens (tertiary/aromatic N) is 16. The molecule has 22 rings (SSSR count). The van der Waals surface area contributed by atoms with E-state index in [1.54, 1.807) is 84.1 Å². The summed E-state index contributed by atoms with van der Waals surface area (Å²) in [6.07, 6.45) is 14.4. The first-order valence-electron chi connectivity index (χ1n) is 49.4. The standard InChI is InChI=1S/C24H23N2O.C20H19ClN2O.C20H28N6O3.C19H16N2OS.C18H15N3OS.C15H18N6O/c1-3-26-22-18-20(19-10-6-4-7-11-19)14-15-23(22)27-24(26)16-17-25(2)21-12-8-5-9-13-21;1-2-18-19-16(15-5-3-4-6-17(15)22-19)11-12-23(18)20(24)13-7-9-14(21)10-8-13;1-14(2)26-13-22-17-18(21-12-15-4-6-16(29-3)7-5-15)23-20(24-19(17)26)25(8-10-27)9-11-28;1-13-20-17(10-9-15-8-5-11-22-15)16-12-18(23-19(16)21-13)14-6-3-2-4-7-14;1-12-20-17(19-11-14-8-5-9-22-14)15-10-16(23-18(15)21-12)13-6-3-2-4-7-13;1-21-10-18-12-13(17-9-11-5-3-2-4-6-11)19-15(16-7-8-22)20-14(12)21/h4-18H,3H2,1-2H3;3-10,18,22H,2,11-12H2,1H3;4-7,13-14,27-28H,8-12H2,1-3H3,(H,21,23,24);2-8,11-12H,9-10H2,1H3;2-10H,11H2,1H3,(H,19,20,21);2-6,10,22H,7-9H2,1H3,(H2,16,17,19,20)/q+1;;;;;. The van der Waals surface area contributed by atoms with E-state index in [0.717, 1.165) is 150 Å². The van der Waals surface area contributed by atoms with Crippen molar-refractivity contribution in [3.8, 4) is 37.8 Å². The molecule has 0 radical (unpaired) electrons. The van der Waals surface area contributed by atoms with Crippen molar-refractivity contribution in [1.29, 1.82) is 0 Å². The molecule has 1 aliphatic rings. The zero-order valence-electron chi connectivity index (χ0n) is 84.0. The van der Waals surface area contributed by atoms with Crippen LogP contribution >= 0.6 is 34.3 Å². The molecule has 1 atom stereocenters. The van der Waals surface area contributed by atoms with Crippen LogP contribution in [0.25, 0.3) is 103 Å².